The Morgan fingerprint density at radius 1 is 1.00 bits per heavy atom. The van der Waals surface area contributed by atoms with Crippen molar-refractivity contribution in [3.8, 4) is 0 Å². The van der Waals surface area contributed by atoms with Crippen molar-refractivity contribution < 1.29 is 4.79 Å². The number of anilines is 2. The highest BCUT2D eigenvalue weighted by Gasteiger charge is 2.27. The lowest BCUT2D eigenvalue weighted by Crippen LogP contribution is -2.49. The van der Waals surface area contributed by atoms with Crippen LogP contribution in [0.25, 0.3) is 0 Å². The van der Waals surface area contributed by atoms with Gasteiger partial charge in [0.25, 0.3) is 5.91 Å². The Morgan fingerprint density at radius 2 is 1.70 bits per heavy atom. The van der Waals surface area contributed by atoms with Crippen LogP contribution in [0.15, 0.2) is 12.3 Å². The van der Waals surface area contributed by atoms with E-state index < -0.39 is 0 Å². The van der Waals surface area contributed by atoms with Crippen LogP contribution in [-0.4, -0.2) is 69.8 Å². The van der Waals surface area contributed by atoms with Crippen molar-refractivity contribution in [2.75, 3.05) is 49.1 Å². The molecule has 2 aromatic heterocycles. The maximum absolute atomic E-state index is 12.9. The second-order valence-electron chi connectivity index (χ2n) is 7.36. The molecule has 8 heteroatoms. The van der Waals surface area contributed by atoms with Gasteiger partial charge in [0.2, 0.25) is 5.95 Å². The molecule has 0 radical (unpaired) electrons. The fraction of sp³-hybridized carbons (Fsp3) is 0.579. The summed E-state index contributed by atoms with van der Waals surface area (Å²) in [6.45, 7) is 8.86. The zero-order chi connectivity index (χ0) is 19.0. The Kier molecular flexibility index (Phi) is 4.72. The number of hydrogen-bond acceptors (Lipinski definition) is 6. The number of hydrogen-bond donors (Lipinski definition) is 0. The first kappa shape index (κ1) is 17.8. The van der Waals surface area contributed by atoms with Gasteiger partial charge in [0, 0.05) is 58.2 Å². The number of aryl methyl sites for hydroxylation is 2. The van der Waals surface area contributed by atoms with E-state index >= 15 is 0 Å². The van der Waals surface area contributed by atoms with Crippen LogP contribution in [0.5, 0.6) is 0 Å². The van der Waals surface area contributed by atoms with E-state index in [1.54, 1.807) is 4.68 Å². The zero-order valence-corrected chi connectivity index (χ0v) is 16.4. The highest BCUT2D eigenvalue weighted by molar-refractivity contribution is 5.96. The molecule has 0 unspecified atom stereocenters. The predicted molar refractivity (Wildman–Crippen MR) is 104 cm³/mol. The Bertz CT molecular complexity index is 833. The molecule has 0 spiro atoms. The quantitative estimate of drug-likeness (QED) is 0.814. The third-order valence-corrected chi connectivity index (χ3v) is 5.63. The van der Waals surface area contributed by atoms with Gasteiger partial charge in [0.15, 0.2) is 0 Å². The molecule has 2 saturated heterocycles. The van der Waals surface area contributed by atoms with E-state index in [-0.39, 0.29) is 5.91 Å². The maximum Gasteiger partial charge on any atom is 0.257 e. The minimum atomic E-state index is 0.0817. The van der Waals surface area contributed by atoms with E-state index in [9.17, 15) is 4.79 Å². The van der Waals surface area contributed by atoms with Gasteiger partial charge in [-0.15, -0.1) is 0 Å². The summed E-state index contributed by atoms with van der Waals surface area (Å²) in [4.78, 5) is 28.6. The molecule has 0 atom stereocenters. The van der Waals surface area contributed by atoms with E-state index in [0.29, 0.717) is 13.1 Å². The van der Waals surface area contributed by atoms with Gasteiger partial charge in [-0.2, -0.15) is 10.1 Å². The third-order valence-electron chi connectivity index (χ3n) is 5.63. The summed E-state index contributed by atoms with van der Waals surface area (Å²) in [5, 5.41) is 4.37. The third kappa shape index (κ3) is 3.36. The van der Waals surface area contributed by atoms with E-state index in [2.05, 4.69) is 19.9 Å². The van der Waals surface area contributed by atoms with Gasteiger partial charge in [-0.05, 0) is 32.8 Å². The molecular weight excluding hydrogens is 342 g/mol. The Balaban J connectivity index is 1.43. The minimum absolute atomic E-state index is 0.0817. The fourth-order valence-corrected chi connectivity index (χ4v) is 3.96. The lowest BCUT2D eigenvalue weighted by Gasteiger charge is -2.35. The first-order valence-electron chi connectivity index (χ1n) is 9.67. The van der Waals surface area contributed by atoms with Crippen molar-refractivity contribution in [3.63, 3.8) is 0 Å². The molecule has 0 aliphatic carbocycles. The molecular formula is C19H27N7O. The number of carbonyl (C=O) groups is 1. The standard InChI is InChI=1S/C19H27N7O/c1-14-17(15(2)23(3)22-14)18(27)25-12-10-24(11-13-25)16-6-7-20-19(21-16)26-8-4-5-9-26/h6-7H,4-5,8-13H2,1-3H3. The van der Waals surface area contributed by atoms with Crippen LogP contribution in [-0.2, 0) is 7.05 Å². The summed E-state index contributed by atoms with van der Waals surface area (Å²) >= 11 is 0. The minimum Gasteiger partial charge on any atom is -0.353 e. The second-order valence-corrected chi connectivity index (χ2v) is 7.36. The van der Waals surface area contributed by atoms with Crippen LogP contribution in [0.3, 0.4) is 0 Å². The molecule has 0 bridgehead atoms. The molecule has 27 heavy (non-hydrogen) atoms. The van der Waals surface area contributed by atoms with E-state index in [1.807, 2.05) is 38.1 Å². The molecule has 4 rings (SSSR count). The molecule has 1 amide bonds. The monoisotopic (exact) mass is 369 g/mol. The average molecular weight is 369 g/mol. The van der Waals surface area contributed by atoms with Gasteiger partial charge in [0.1, 0.15) is 5.82 Å². The average Bonchev–Trinajstić information content (AvgIpc) is 3.30. The van der Waals surface area contributed by atoms with Crippen molar-refractivity contribution >= 4 is 17.7 Å². The van der Waals surface area contributed by atoms with Crippen LogP contribution >= 0.6 is 0 Å². The first-order valence-corrected chi connectivity index (χ1v) is 9.67. The van der Waals surface area contributed by atoms with Crippen molar-refractivity contribution in [1.29, 1.82) is 0 Å². The summed E-state index contributed by atoms with van der Waals surface area (Å²) < 4.78 is 1.78. The molecule has 8 nitrogen and oxygen atoms in total. The number of carbonyl (C=O) groups excluding carboxylic acids is 1. The summed E-state index contributed by atoms with van der Waals surface area (Å²) in [6, 6.07) is 1.96. The predicted octanol–water partition coefficient (Wildman–Crippen LogP) is 1.39. The lowest BCUT2D eigenvalue weighted by atomic mass is 10.1. The fourth-order valence-electron chi connectivity index (χ4n) is 3.96. The second kappa shape index (κ2) is 7.17. The van der Waals surface area contributed by atoms with E-state index in [0.717, 1.165) is 54.9 Å². The summed E-state index contributed by atoms with van der Waals surface area (Å²) in [7, 11) is 1.88. The molecule has 4 heterocycles. The zero-order valence-electron chi connectivity index (χ0n) is 16.4. The SMILES string of the molecule is Cc1nn(C)c(C)c1C(=O)N1CCN(c2ccnc(N3CCCC3)n2)CC1. The van der Waals surface area contributed by atoms with E-state index in [1.165, 1.54) is 12.8 Å². The van der Waals surface area contributed by atoms with Gasteiger partial charge in [0.05, 0.1) is 11.3 Å². The van der Waals surface area contributed by atoms with Crippen LogP contribution in [0.4, 0.5) is 11.8 Å². The Morgan fingerprint density at radius 3 is 2.33 bits per heavy atom. The maximum atomic E-state index is 12.9. The number of rotatable bonds is 3. The van der Waals surface area contributed by atoms with Crippen LogP contribution in [0, 0.1) is 13.8 Å². The normalized spacial score (nSPS) is 17.7. The van der Waals surface area contributed by atoms with Gasteiger partial charge >= 0.3 is 0 Å². The van der Waals surface area contributed by atoms with Crippen molar-refractivity contribution in [2.45, 2.75) is 26.7 Å². The van der Waals surface area contributed by atoms with Gasteiger partial charge in [-0.3, -0.25) is 9.48 Å². The van der Waals surface area contributed by atoms with Crippen molar-refractivity contribution in [3.05, 3.63) is 29.2 Å². The first-order chi connectivity index (χ1) is 13.0. The number of piperazine rings is 1. The Labute approximate surface area is 159 Å². The Hall–Kier alpha value is -2.64. The summed E-state index contributed by atoms with van der Waals surface area (Å²) in [5.74, 6) is 1.86. The molecule has 0 aromatic carbocycles. The highest BCUT2D eigenvalue weighted by Crippen LogP contribution is 2.21. The molecule has 144 valence electrons. The van der Waals surface area contributed by atoms with Crippen molar-refractivity contribution in [1.82, 2.24) is 24.6 Å². The van der Waals surface area contributed by atoms with Crippen LogP contribution in [0.2, 0.25) is 0 Å². The summed E-state index contributed by atoms with van der Waals surface area (Å²) in [6.07, 6.45) is 4.26. The number of aromatic nitrogens is 4. The van der Waals surface area contributed by atoms with Gasteiger partial charge in [-0.1, -0.05) is 0 Å². The molecule has 2 aliphatic heterocycles. The molecule has 2 aromatic rings. The van der Waals surface area contributed by atoms with Crippen molar-refractivity contribution in [2.24, 2.45) is 7.05 Å². The smallest absolute Gasteiger partial charge is 0.257 e. The number of amides is 1. The lowest BCUT2D eigenvalue weighted by molar-refractivity contribution is 0.0745. The molecule has 0 saturated carbocycles. The van der Waals surface area contributed by atoms with Gasteiger partial charge in [-0.25, -0.2) is 4.98 Å². The highest BCUT2D eigenvalue weighted by atomic mass is 16.2. The molecule has 2 aliphatic rings. The van der Waals surface area contributed by atoms with E-state index in [4.69, 9.17) is 4.98 Å². The van der Waals surface area contributed by atoms with Crippen LogP contribution < -0.4 is 9.80 Å². The summed E-state index contributed by atoms with van der Waals surface area (Å²) in [5.41, 5.74) is 2.46. The largest absolute Gasteiger partial charge is 0.353 e. The molecule has 0 N–H and O–H groups in total. The topological polar surface area (TPSA) is 70.4 Å². The van der Waals surface area contributed by atoms with Gasteiger partial charge < -0.3 is 14.7 Å². The van der Waals surface area contributed by atoms with Crippen LogP contribution in [0.1, 0.15) is 34.6 Å². The molecule has 2 fully saturated rings. The number of nitrogens with zero attached hydrogens (tertiary/aromatic N) is 7.